The van der Waals surface area contributed by atoms with Gasteiger partial charge in [-0.25, -0.2) is 12.7 Å². The van der Waals surface area contributed by atoms with E-state index in [2.05, 4.69) is 5.32 Å². The molecule has 0 spiro atoms. The first kappa shape index (κ1) is 21.5. The van der Waals surface area contributed by atoms with Gasteiger partial charge in [-0.2, -0.15) is 0 Å². The number of nitrogens with zero attached hydrogens (tertiary/aromatic N) is 2. The minimum absolute atomic E-state index is 0.0978. The Labute approximate surface area is 164 Å². The Morgan fingerprint density at radius 2 is 1.64 bits per heavy atom. The fourth-order valence-electron chi connectivity index (χ4n) is 2.58. The molecular formula is C19H23N3O5S. The Bertz CT molecular complexity index is 1010. The van der Waals surface area contributed by atoms with Crippen molar-refractivity contribution in [1.29, 1.82) is 0 Å². The predicted octanol–water partition coefficient (Wildman–Crippen LogP) is 3.39. The van der Waals surface area contributed by atoms with Gasteiger partial charge in [0, 0.05) is 37.0 Å². The average Bonchev–Trinajstić information content (AvgIpc) is 2.60. The first-order valence-electron chi connectivity index (χ1n) is 8.47. The molecule has 0 unspecified atom stereocenters. The van der Waals surface area contributed by atoms with Gasteiger partial charge in [0.25, 0.3) is 11.6 Å². The van der Waals surface area contributed by atoms with Crippen molar-refractivity contribution in [2.75, 3.05) is 19.4 Å². The maximum atomic E-state index is 12.5. The molecular weight excluding hydrogens is 382 g/mol. The Kier molecular flexibility index (Phi) is 5.91. The lowest BCUT2D eigenvalue weighted by molar-refractivity contribution is -0.386. The number of hydrogen-bond acceptors (Lipinski definition) is 5. The van der Waals surface area contributed by atoms with Gasteiger partial charge in [-0.05, 0) is 35.7 Å². The standard InChI is InChI=1S/C19H23N3O5S/c1-19(2,3)16-11-6-13(12-17(16)22(24)25)18(23)20-14-7-9-15(10-8-14)28(26,27)21(4)5/h6-12H,1-5H3,(H,20,23). The number of rotatable bonds is 5. The van der Waals surface area contributed by atoms with E-state index in [1.807, 2.05) is 20.8 Å². The van der Waals surface area contributed by atoms with Crippen molar-refractivity contribution in [3.8, 4) is 0 Å². The van der Waals surface area contributed by atoms with Crippen LogP contribution in [-0.4, -0.2) is 37.6 Å². The largest absolute Gasteiger partial charge is 0.322 e. The molecule has 2 aromatic rings. The molecule has 0 fully saturated rings. The summed E-state index contributed by atoms with van der Waals surface area (Å²) in [5.74, 6) is -0.522. The number of nitro benzene ring substituents is 1. The van der Waals surface area contributed by atoms with Crippen LogP contribution in [0.1, 0.15) is 36.7 Å². The number of nitro groups is 1. The fourth-order valence-corrected chi connectivity index (χ4v) is 3.48. The minimum atomic E-state index is -3.56. The number of nitrogens with one attached hydrogen (secondary N) is 1. The highest BCUT2D eigenvalue weighted by Gasteiger charge is 2.26. The zero-order valence-corrected chi connectivity index (χ0v) is 17.2. The van der Waals surface area contributed by atoms with Gasteiger partial charge in [0.05, 0.1) is 9.82 Å². The topological polar surface area (TPSA) is 110 Å². The fraction of sp³-hybridized carbons (Fsp3) is 0.316. The Morgan fingerprint density at radius 1 is 1.07 bits per heavy atom. The number of carbonyl (C=O) groups excluding carboxylic acids is 1. The third-order valence-corrected chi connectivity index (χ3v) is 5.98. The SMILES string of the molecule is CN(C)S(=O)(=O)c1ccc(NC(=O)c2ccc(C(C)(C)C)c([N+](=O)[O-])c2)cc1. The molecule has 28 heavy (non-hydrogen) atoms. The molecule has 0 atom stereocenters. The molecule has 0 saturated heterocycles. The average molecular weight is 405 g/mol. The van der Waals surface area contributed by atoms with Crippen molar-refractivity contribution in [3.63, 3.8) is 0 Å². The number of amides is 1. The van der Waals surface area contributed by atoms with E-state index in [9.17, 15) is 23.3 Å². The summed E-state index contributed by atoms with van der Waals surface area (Å²) in [4.78, 5) is 23.5. The lowest BCUT2D eigenvalue weighted by Gasteiger charge is -2.19. The summed E-state index contributed by atoms with van der Waals surface area (Å²) < 4.78 is 25.2. The van der Waals surface area contributed by atoms with Crippen molar-refractivity contribution in [3.05, 3.63) is 63.7 Å². The van der Waals surface area contributed by atoms with Crippen LogP contribution < -0.4 is 5.32 Å². The second kappa shape index (κ2) is 7.69. The quantitative estimate of drug-likeness (QED) is 0.606. The predicted molar refractivity (Wildman–Crippen MR) is 107 cm³/mol. The van der Waals surface area contributed by atoms with Gasteiger partial charge in [-0.1, -0.05) is 26.8 Å². The van der Waals surface area contributed by atoms with Crippen LogP contribution >= 0.6 is 0 Å². The summed E-state index contributed by atoms with van der Waals surface area (Å²) in [7, 11) is -0.703. The normalized spacial score (nSPS) is 12.1. The van der Waals surface area contributed by atoms with Crippen LogP contribution in [0.25, 0.3) is 0 Å². The minimum Gasteiger partial charge on any atom is -0.322 e. The van der Waals surface area contributed by atoms with Gasteiger partial charge in [-0.3, -0.25) is 14.9 Å². The summed E-state index contributed by atoms with van der Waals surface area (Å²) in [6.45, 7) is 5.58. The summed E-state index contributed by atoms with van der Waals surface area (Å²) in [5.41, 5.74) is 0.500. The molecule has 0 aliphatic heterocycles. The molecule has 1 N–H and O–H groups in total. The highest BCUT2D eigenvalue weighted by atomic mass is 32.2. The van der Waals surface area contributed by atoms with Crippen LogP contribution in [0.15, 0.2) is 47.4 Å². The highest BCUT2D eigenvalue weighted by Crippen LogP contribution is 2.32. The van der Waals surface area contributed by atoms with Gasteiger partial charge in [0.2, 0.25) is 10.0 Å². The highest BCUT2D eigenvalue weighted by molar-refractivity contribution is 7.89. The first-order valence-corrected chi connectivity index (χ1v) is 9.91. The maximum absolute atomic E-state index is 12.5. The first-order chi connectivity index (χ1) is 12.8. The molecule has 9 heteroatoms. The van der Waals surface area contributed by atoms with Gasteiger partial charge in [0.15, 0.2) is 0 Å². The Hall–Kier alpha value is -2.78. The van der Waals surface area contributed by atoms with E-state index in [1.54, 1.807) is 6.07 Å². The van der Waals surface area contributed by atoms with Gasteiger partial charge < -0.3 is 5.32 Å². The van der Waals surface area contributed by atoms with Crippen molar-refractivity contribution >= 4 is 27.3 Å². The molecule has 0 aromatic heterocycles. The summed E-state index contributed by atoms with van der Waals surface area (Å²) in [6.07, 6.45) is 0. The lowest BCUT2D eigenvalue weighted by atomic mass is 9.85. The Balaban J connectivity index is 2.28. The van der Waals surface area contributed by atoms with Crippen LogP contribution in [0, 0.1) is 10.1 Å². The molecule has 0 saturated carbocycles. The van der Waals surface area contributed by atoms with Crippen LogP contribution in [0.3, 0.4) is 0 Å². The zero-order chi connectivity index (χ0) is 21.3. The van der Waals surface area contributed by atoms with Crippen LogP contribution in [0.5, 0.6) is 0 Å². The summed E-state index contributed by atoms with van der Waals surface area (Å²) in [6, 6.07) is 10.1. The summed E-state index contributed by atoms with van der Waals surface area (Å²) >= 11 is 0. The van der Waals surface area contributed by atoms with Crippen LogP contribution in [-0.2, 0) is 15.4 Å². The Morgan fingerprint density at radius 3 is 2.11 bits per heavy atom. The molecule has 2 aromatic carbocycles. The molecule has 0 heterocycles. The van der Waals surface area contributed by atoms with E-state index >= 15 is 0 Å². The molecule has 1 amide bonds. The molecule has 0 aliphatic carbocycles. The van der Waals surface area contributed by atoms with Gasteiger partial charge in [0.1, 0.15) is 0 Å². The molecule has 2 rings (SSSR count). The molecule has 8 nitrogen and oxygen atoms in total. The van der Waals surface area contributed by atoms with E-state index < -0.39 is 26.3 Å². The second-order valence-electron chi connectivity index (χ2n) is 7.50. The zero-order valence-electron chi connectivity index (χ0n) is 16.4. The van der Waals surface area contributed by atoms with E-state index in [4.69, 9.17) is 0 Å². The maximum Gasteiger partial charge on any atom is 0.273 e. The van der Waals surface area contributed by atoms with E-state index in [-0.39, 0.29) is 16.1 Å². The second-order valence-corrected chi connectivity index (χ2v) is 9.66. The third-order valence-electron chi connectivity index (χ3n) is 4.16. The van der Waals surface area contributed by atoms with E-state index in [0.29, 0.717) is 11.3 Å². The summed E-state index contributed by atoms with van der Waals surface area (Å²) in [5, 5.41) is 14.0. The number of carbonyl (C=O) groups is 1. The van der Waals surface area contributed by atoms with Gasteiger partial charge >= 0.3 is 0 Å². The lowest BCUT2D eigenvalue weighted by Crippen LogP contribution is -2.22. The van der Waals surface area contributed by atoms with E-state index in [1.165, 1.54) is 50.5 Å². The van der Waals surface area contributed by atoms with Gasteiger partial charge in [-0.15, -0.1) is 0 Å². The number of benzene rings is 2. The van der Waals surface area contributed by atoms with Crippen molar-refractivity contribution < 1.29 is 18.1 Å². The molecule has 0 radical (unpaired) electrons. The van der Waals surface area contributed by atoms with Crippen molar-refractivity contribution in [2.45, 2.75) is 31.1 Å². The van der Waals surface area contributed by atoms with E-state index in [0.717, 1.165) is 4.31 Å². The monoisotopic (exact) mass is 405 g/mol. The molecule has 0 aliphatic rings. The van der Waals surface area contributed by atoms with Crippen LogP contribution in [0.4, 0.5) is 11.4 Å². The number of sulfonamides is 1. The number of anilines is 1. The smallest absolute Gasteiger partial charge is 0.273 e. The van der Waals surface area contributed by atoms with Crippen LogP contribution in [0.2, 0.25) is 0 Å². The third kappa shape index (κ3) is 4.55. The van der Waals surface area contributed by atoms with Crippen molar-refractivity contribution in [2.24, 2.45) is 0 Å². The number of hydrogen-bond donors (Lipinski definition) is 1. The molecule has 0 bridgehead atoms. The van der Waals surface area contributed by atoms with Crippen molar-refractivity contribution in [1.82, 2.24) is 4.31 Å². The molecule has 150 valence electrons.